The number of likely N-dealkylation sites (tertiary alicyclic amines) is 2. The van der Waals surface area contributed by atoms with Crippen LogP contribution in [-0.4, -0.2) is 83.7 Å². The number of hydrogen-bond acceptors (Lipinski definition) is 7. The first-order valence-corrected chi connectivity index (χ1v) is 16.9. The van der Waals surface area contributed by atoms with Crippen molar-refractivity contribution >= 4 is 44.7 Å². The van der Waals surface area contributed by atoms with Crippen LogP contribution in [-0.2, 0) is 10.0 Å². The summed E-state index contributed by atoms with van der Waals surface area (Å²) in [5.41, 5.74) is 3.10. The zero-order valence-electron chi connectivity index (χ0n) is 23.7. The summed E-state index contributed by atoms with van der Waals surface area (Å²) < 4.78 is 28.3. The summed E-state index contributed by atoms with van der Waals surface area (Å²) in [6.07, 6.45) is 10.7. The maximum atomic E-state index is 13.9. The van der Waals surface area contributed by atoms with Crippen molar-refractivity contribution in [2.45, 2.75) is 64.0 Å². The van der Waals surface area contributed by atoms with Gasteiger partial charge in [-0.2, -0.15) is 5.10 Å². The fraction of sp³-hybridized carbons (Fsp3) is 0.552. The Bertz CT molecular complexity index is 1550. The first-order valence-electron chi connectivity index (χ1n) is 14.6. The van der Waals surface area contributed by atoms with Crippen molar-refractivity contribution < 1.29 is 13.2 Å². The minimum atomic E-state index is -3.58. The van der Waals surface area contributed by atoms with Gasteiger partial charge in [0.2, 0.25) is 10.0 Å². The number of halogens is 1. The van der Waals surface area contributed by atoms with Crippen molar-refractivity contribution in [2.75, 3.05) is 48.6 Å². The molecule has 1 amide bonds. The molecule has 1 aromatic carbocycles. The Morgan fingerprint density at radius 2 is 1.83 bits per heavy atom. The normalized spacial score (nSPS) is 22.1. The van der Waals surface area contributed by atoms with Gasteiger partial charge >= 0.3 is 0 Å². The smallest absolute Gasteiger partial charge is 0.256 e. The first kappa shape index (κ1) is 28.2. The Kier molecular flexibility index (Phi) is 7.86. The van der Waals surface area contributed by atoms with Gasteiger partial charge in [-0.25, -0.2) is 17.9 Å². The van der Waals surface area contributed by atoms with E-state index in [1.165, 1.54) is 50.9 Å². The molecule has 12 heteroatoms. The topological polar surface area (TPSA) is 103 Å². The standard InChI is InChI=1S/C29H38ClN7O3S/c1-20-18-37-27(31-28(20)35-15-7-8-22(35)19-34-12-5-6-13-34)17-25(32-37)26-9-3-4-14-36(26)29(38)23-16-21(30)10-11-24(23)33-41(2,39)40/h10-11,16-18,22,26,33H,3-9,12-15,19H2,1-2H3/t22-,26-/m0/s1. The zero-order valence-corrected chi connectivity index (χ0v) is 25.3. The summed E-state index contributed by atoms with van der Waals surface area (Å²) in [7, 11) is -3.58. The van der Waals surface area contributed by atoms with E-state index >= 15 is 0 Å². The number of nitrogens with one attached hydrogen (secondary N) is 1. The molecule has 3 fully saturated rings. The van der Waals surface area contributed by atoms with Crippen molar-refractivity contribution in [1.29, 1.82) is 0 Å². The van der Waals surface area contributed by atoms with E-state index in [1.54, 1.807) is 11.0 Å². The average molecular weight is 600 g/mol. The minimum Gasteiger partial charge on any atom is -0.352 e. The number of sulfonamides is 1. The molecule has 220 valence electrons. The van der Waals surface area contributed by atoms with Gasteiger partial charge in [0.25, 0.3) is 5.91 Å². The predicted molar refractivity (Wildman–Crippen MR) is 161 cm³/mol. The second kappa shape index (κ2) is 11.4. The number of aryl methyl sites for hydroxylation is 1. The molecule has 1 N–H and O–H groups in total. The molecule has 3 saturated heterocycles. The average Bonchev–Trinajstić information content (AvgIpc) is 3.70. The highest BCUT2D eigenvalue weighted by atomic mass is 35.5. The number of carbonyl (C=O) groups excluding carboxylic acids is 1. The van der Waals surface area contributed by atoms with Crippen LogP contribution in [0.1, 0.15) is 72.6 Å². The Balaban J connectivity index is 1.29. The van der Waals surface area contributed by atoms with Crippen LogP contribution >= 0.6 is 11.6 Å². The number of amides is 1. The van der Waals surface area contributed by atoms with Crippen LogP contribution in [0.5, 0.6) is 0 Å². The van der Waals surface area contributed by atoms with Crippen LogP contribution in [0, 0.1) is 6.92 Å². The lowest BCUT2D eigenvalue weighted by Crippen LogP contribution is -2.40. The highest BCUT2D eigenvalue weighted by Crippen LogP contribution is 2.35. The summed E-state index contributed by atoms with van der Waals surface area (Å²) in [4.78, 5) is 25.8. The molecule has 0 unspecified atom stereocenters. The van der Waals surface area contributed by atoms with Crippen molar-refractivity contribution in [3.8, 4) is 0 Å². The third kappa shape index (κ3) is 6.03. The molecule has 5 heterocycles. The molecule has 2 atom stereocenters. The molecule has 3 aliphatic rings. The summed E-state index contributed by atoms with van der Waals surface area (Å²) in [5.74, 6) is 0.754. The first-order chi connectivity index (χ1) is 19.7. The number of nitrogens with zero attached hydrogens (tertiary/aromatic N) is 6. The van der Waals surface area contributed by atoms with Crippen molar-refractivity contribution in [3.63, 3.8) is 0 Å². The molecule has 0 saturated carbocycles. The number of hydrogen-bond donors (Lipinski definition) is 1. The number of anilines is 2. The van der Waals surface area contributed by atoms with E-state index in [4.69, 9.17) is 21.7 Å². The van der Waals surface area contributed by atoms with Gasteiger partial charge in [-0.05, 0) is 83.2 Å². The molecule has 10 nitrogen and oxygen atoms in total. The second-order valence-corrected chi connectivity index (χ2v) is 13.9. The molecule has 2 aromatic heterocycles. The van der Waals surface area contributed by atoms with E-state index in [1.807, 2.05) is 16.8 Å². The summed E-state index contributed by atoms with van der Waals surface area (Å²) >= 11 is 6.24. The highest BCUT2D eigenvalue weighted by Gasteiger charge is 2.33. The van der Waals surface area contributed by atoms with E-state index in [-0.39, 0.29) is 23.2 Å². The Labute approximate surface area is 246 Å². The molecule has 3 aromatic rings. The van der Waals surface area contributed by atoms with Crippen LogP contribution < -0.4 is 9.62 Å². The predicted octanol–water partition coefficient (Wildman–Crippen LogP) is 4.49. The lowest BCUT2D eigenvalue weighted by molar-refractivity contribution is 0.0607. The van der Waals surface area contributed by atoms with Gasteiger partial charge in [-0.3, -0.25) is 9.52 Å². The fourth-order valence-electron chi connectivity index (χ4n) is 6.66. The van der Waals surface area contributed by atoms with E-state index in [0.717, 1.165) is 61.3 Å². The van der Waals surface area contributed by atoms with Crippen LogP contribution in [0.3, 0.4) is 0 Å². The Hall–Kier alpha value is -2.89. The van der Waals surface area contributed by atoms with Crippen LogP contribution in [0.25, 0.3) is 5.65 Å². The maximum Gasteiger partial charge on any atom is 0.256 e. The summed E-state index contributed by atoms with van der Waals surface area (Å²) in [5, 5.41) is 5.26. The number of aromatic nitrogens is 3. The van der Waals surface area contributed by atoms with Crippen molar-refractivity contribution in [1.82, 2.24) is 24.4 Å². The number of benzene rings is 1. The SMILES string of the molecule is Cc1cn2nc([C@@H]3CCCCN3C(=O)c3cc(Cl)ccc3NS(C)(=O)=O)cc2nc1N1CCC[C@H]1CN1CCCC1. The number of fused-ring (bicyclic) bond motifs is 1. The third-order valence-electron chi connectivity index (χ3n) is 8.55. The maximum absolute atomic E-state index is 13.9. The Morgan fingerprint density at radius 3 is 2.61 bits per heavy atom. The number of carbonyl (C=O) groups is 1. The van der Waals surface area contributed by atoms with Gasteiger partial charge in [0.05, 0.1) is 29.2 Å². The van der Waals surface area contributed by atoms with Gasteiger partial charge in [-0.15, -0.1) is 0 Å². The molecule has 0 bridgehead atoms. The Morgan fingerprint density at radius 1 is 1.05 bits per heavy atom. The van der Waals surface area contributed by atoms with E-state index in [2.05, 4.69) is 21.4 Å². The van der Waals surface area contributed by atoms with Gasteiger partial charge in [0, 0.05) is 48.5 Å². The van der Waals surface area contributed by atoms with Gasteiger partial charge in [0.1, 0.15) is 5.82 Å². The third-order valence-corrected chi connectivity index (χ3v) is 9.38. The monoisotopic (exact) mass is 599 g/mol. The number of rotatable bonds is 7. The van der Waals surface area contributed by atoms with Crippen molar-refractivity contribution in [3.05, 3.63) is 52.3 Å². The lowest BCUT2D eigenvalue weighted by Gasteiger charge is -2.35. The quantitative estimate of drug-likeness (QED) is 0.427. The summed E-state index contributed by atoms with van der Waals surface area (Å²) in [6, 6.07) is 6.86. The van der Waals surface area contributed by atoms with Gasteiger partial charge in [-0.1, -0.05) is 11.6 Å². The second-order valence-electron chi connectivity index (χ2n) is 11.7. The van der Waals surface area contributed by atoms with Gasteiger partial charge < -0.3 is 14.7 Å². The van der Waals surface area contributed by atoms with E-state index in [9.17, 15) is 13.2 Å². The molecule has 41 heavy (non-hydrogen) atoms. The fourth-order valence-corrected chi connectivity index (χ4v) is 7.41. The minimum absolute atomic E-state index is 0.220. The molecular formula is C29H38ClN7O3S. The molecule has 3 aliphatic heterocycles. The van der Waals surface area contributed by atoms with Crippen LogP contribution in [0.2, 0.25) is 5.02 Å². The van der Waals surface area contributed by atoms with Gasteiger partial charge in [0.15, 0.2) is 5.65 Å². The molecular weight excluding hydrogens is 562 g/mol. The molecule has 6 rings (SSSR count). The van der Waals surface area contributed by atoms with Crippen molar-refractivity contribution in [2.24, 2.45) is 0 Å². The largest absolute Gasteiger partial charge is 0.352 e. The molecule has 0 spiro atoms. The van der Waals surface area contributed by atoms with Crippen LogP contribution in [0.4, 0.5) is 11.5 Å². The lowest BCUT2D eigenvalue weighted by atomic mass is 9.98. The van der Waals surface area contributed by atoms with E-state index in [0.29, 0.717) is 17.6 Å². The van der Waals surface area contributed by atoms with Crippen LogP contribution in [0.15, 0.2) is 30.5 Å². The number of piperidine rings is 1. The molecule has 0 radical (unpaired) electrons. The zero-order chi connectivity index (χ0) is 28.7. The molecule has 0 aliphatic carbocycles. The summed E-state index contributed by atoms with van der Waals surface area (Å²) in [6.45, 7) is 7.14. The highest BCUT2D eigenvalue weighted by molar-refractivity contribution is 7.92. The van der Waals surface area contributed by atoms with E-state index < -0.39 is 10.0 Å².